The number of nitrogens with one attached hydrogen (secondary N) is 2. The lowest BCUT2D eigenvalue weighted by molar-refractivity contribution is -0.118. The lowest BCUT2D eigenvalue weighted by Crippen LogP contribution is -2.20. The van der Waals surface area contributed by atoms with E-state index in [-0.39, 0.29) is 23.4 Å². The Balaban J connectivity index is 1.35. The van der Waals surface area contributed by atoms with Crippen molar-refractivity contribution >= 4 is 38.3 Å². The number of aromatic nitrogens is 2. The summed E-state index contributed by atoms with van der Waals surface area (Å²) in [6, 6.07) is 20.9. The van der Waals surface area contributed by atoms with Gasteiger partial charge in [0.1, 0.15) is 5.75 Å². The van der Waals surface area contributed by atoms with Crippen LogP contribution in [0.15, 0.2) is 83.9 Å². The average Bonchev–Trinajstić information content (AvgIpc) is 2.78. The molecule has 0 atom stereocenters. The number of carbonyl (C=O) groups is 1. The van der Waals surface area contributed by atoms with Crippen LogP contribution < -0.4 is 14.8 Å². The molecule has 0 radical (unpaired) electrons. The van der Waals surface area contributed by atoms with Gasteiger partial charge in [0.05, 0.1) is 4.90 Å². The number of benzene rings is 3. The minimum atomic E-state index is -3.85. The van der Waals surface area contributed by atoms with Gasteiger partial charge in [0.15, 0.2) is 6.61 Å². The Morgan fingerprint density at radius 2 is 1.72 bits per heavy atom. The number of rotatable bonds is 7. The predicted octanol–water partition coefficient (Wildman–Crippen LogP) is 3.76. The molecule has 1 amide bonds. The van der Waals surface area contributed by atoms with Crippen molar-refractivity contribution in [1.29, 1.82) is 0 Å². The zero-order valence-corrected chi connectivity index (χ0v) is 18.0. The Morgan fingerprint density at radius 3 is 2.47 bits per heavy atom. The van der Waals surface area contributed by atoms with E-state index in [4.69, 9.17) is 4.74 Å². The third kappa shape index (κ3) is 5.19. The molecular formula is C23H20N4O4S. The van der Waals surface area contributed by atoms with Crippen LogP contribution in [0, 0.1) is 6.92 Å². The van der Waals surface area contributed by atoms with E-state index in [2.05, 4.69) is 20.0 Å². The van der Waals surface area contributed by atoms with Crippen LogP contribution in [0.25, 0.3) is 10.8 Å². The van der Waals surface area contributed by atoms with Crippen molar-refractivity contribution in [3.05, 3.63) is 84.7 Å². The largest absolute Gasteiger partial charge is 0.484 e. The second-order valence-corrected chi connectivity index (χ2v) is 8.68. The monoisotopic (exact) mass is 448 g/mol. The van der Waals surface area contributed by atoms with E-state index in [1.54, 1.807) is 19.1 Å². The average molecular weight is 449 g/mol. The fourth-order valence-electron chi connectivity index (χ4n) is 3.00. The lowest BCUT2D eigenvalue weighted by atomic mass is 10.1. The molecule has 3 aromatic carbocycles. The Morgan fingerprint density at radius 1 is 0.969 bits per heavy atom. The van der Waals surface area contributed by atoms with Crippen molar-refractivity contribution in [3.8, 4) is 5.75 Å². The first kappa shape index (κ1) is 21.3. The van der Waals surface area contributed by atoms with Crippen molar-refractivity contribution in [2.45, 2.75) is 11.8 Å². The van der Waals surface area contributed by atoms with E-state index < -0.39 is 10.0 Å². The summed E-state index contributed by atoms with van der Waals surface area (Å²) in [6.07, 6.45) is 1.47. The SMILES string of the molecule is Cc1ccnc(NS(=O)(=O)c2ccc(NC(=O)COc3ccc4ccccc4c3)cc2)n1. The van der Waals surface area contributed by atoms with Gasteiger partial charge in [0, 0.05) is 17.6 Å². The molecule has 4 aromatic rings. The summed E-state index contributed by atoms with van der Waals surface area (Å²) in [5.74, 6) is 0.220. The highest BCUT2D eigenvalue weighted by molar-refractivity contribution is 7.92. The Labute approximate surface area is 185 Å². The summed E-state index contributed by atoms with van der Waals surface area (Å²) < 4.78 is 32.9. The summed E-state index contributed by atoms with van der Waals surface area (Å²) >= 11 is 0. The molecule has 1 aromatic heterocycles. The van der Waals surface area contributed by atoms with Crippen molar-refractivity contribution < 1.29 is 17.9 Å². The molecule has 0 saturated carbocycles. The number of hydrogen-bond acceptors (Lipinski definition) is 6. The zero-order chi connectivity index (χ0) is 22.6. The molecule has 32 heavy (non-hydrogen) atoms. The molecule has 9 heteroatoms. The second kappa shape index (κ2) is 9.03. The van der Waals surface area contributed by atoms with Crippen molar-refractivity contribution in [2.24, 2.45) is 0 Å². The van der Waals surface area contributed by atoms with E-state index in [1.165, 1.54) is 30.5 Å². The van der Waals surface area contributed by atoms with Gasteiger partial charge in [-0.3, -0.25) is 4.79 Å². The van der Waals surface area contributed by atoms with Crippen LogP contribution in [0.3, 0.4) is 0 Å². The molecule has 0 aliphatic rings. The molecule has 0 unspecified atom stereocenters. The first-order chi connectivity index (χ1) is 15.4. The van der Waals surface area contributed by atoms with E-state index in [0.717, 1.165) is 10.8 Å². The highest BCUT2D eigenvalue weighted by atomic mass is 32.2. The molecular weight excluding hydrogens is 428 g/mol. The quantitative estimate of drug-likeness (QED) is 0.445. The Hall–Kier alpha value is -3.98. The van der Waals surface area contributed by atoms with Crippen LogP contribution in [0.5, 0.6) is 5.75 Å². The van der Waals surface area contributed by atoms with Crippen LogP contribution in [-0.4, -0.2) is 30.9 Å². The summed E-state index contributed by atoms with van der Waals surface area (Å²) in [5.41, 5.74) is 1.09. The number of ether oxygens (including phenoxy) is 1. The lowest BCUT2D eigenvalue weighted by Gasteiger charge is -2.10. The molecule has 0 spiro atoms. The first-order valence-electron chi connectivity index (χ1n) is 9.73. The number of nitrogens with zero attached hydrogens (tertiary/aromatic N) is 2. The van der Waals surface area contributed by atoms with Crippen molar-refractivity contribution in [3.63, 3.8) is 0 Å². The molecule has 2 N–H and O–H groups in total. The first-order valence-corrected chi connectivity index (χ1v) is 11.2. The minimum absolute atomic E-state index is 0.00628. The van der Waals surface area contributed by atoms with Crippen LogP contribution in [0.1, 0.15) is 5.69 Å². The molecule has 0 aliphatic carbocycles. The highest BCUT2D eigenvalue weighted by Gasteiger charge is 2.16. The van der Waals surface area contributed by atoms with Gasteiger partial charge in [-0.2, -0.15) is 0 Å². The molecule has 4 rings (SSSR count). The summed E-state index contributed by atoms with van der Waals surface area (Å²) in [4.78, 5) is 20.2. The molecule has 0 bridgehead atoms. The number of carbonyl (C=O) groups excluding carboxylic acids is 1. The molecule has 1 heterocycles. The fourth-order valence-corrected chi connectivity index (χ4v) is 3.95. The molecule has 0 saturated heterocycles. The normalized spacial score (nSPS) is 11.2. The number of amides is 1. The van der Waals surface area contributed by atoms with Crippen LogP contribution in [0.2, 0.25) is 0 Å². The fraction of sp³-hybridized carbons (Fsp3) is 0.0870. The number of anilines is 2. The Bertz CT molecular complexity index is 1370. The van der Waals surface area contributed by atoms with E-state index in [9.17, 15) is 13.2 Å². The number of fused-ring (bicyclic) bond motifs is 1. The maximum absolute atomic E-state index is 12.5. The topological polar surface area (TPSA) is 110 Å². The predicted molar refractivity (Wildman–Crippen MR) is 122 cm³/mol. The van der Waals surface area contributed by atoms with Crippen molar-refractivity contribution in [1.82, 2.24) is 9.97 Å². The summed E-state index contributed by atoms with van der Waals surface area (Å²) in [6.45, 7) is 1.56. The van der Waals surface area contributed by atoms with Crippen LogP contribution >= 0.6 is 0 Å². The van der Waals surface area contributed by atoms with Gasteiger partial charge < -0.3 is 10.1 Å². The third-order valence-corrected chi connectivity index (χ3v) is 5.90. The van der Waals surface area contributed by atoms with Crippen molar-refractivity contribution in [2.75, 3.05) is 16.6 Å². The molecule has 162 valence electrons. The van der Waals surface area contributed by atoms with E-state index in [1.807, 2.05) is 36.4 Å². The Kier molecular flexibility index (Phi) is 6.00. The zero-order valence-electron chi connectivity index (χ0n) is 17.1. The molecule has 8 nitrogen and oxygen atoms in total. The highest BCUT2D eigenvalue weighted by Crippen LogP contribution is 2.21. The van der Waals surface area contributed by atoms with Gasteiger partial charge in [-0.05, 0) is 60.2 Å². The van der Waals surface area contributed by atoms with E-state index >= 15 is 0 Å². The number of sulfonamides is 1. The van der Waals surface area contributed by atoms with Gasteiger partial charge in [0.2, 0.25) is 5.95 Å². The third-order valence-electron chi connectivity index (χ3n) is 4.56. The van der Waals surface area contributed by atoms with Gasteiger partial charge in [-0.25, -0.2) is 23.1 Å². The standard InChI is InChI=1S/C23H20N4O4S/c1-16-12-13-24-23(25-16)27-32(29,30)21-10-7-19(8-11-21)26-22(28)15-31-20-9-6-17-4-2-3-5-18(17)14-20/h2-14H,15H2,1H3,(H,26,28)(H,24,25,27). The van der Waals surface area contributed by atoms with E-state index in [0.29, 0.717) is 17.1 Å². The maximum atomic E-state index is 12.5. The molecule has 0 fully saturated rings. The molecule has 0 aliphatic heterocycles. The van der Waals surface area contributed by atoms with Crippen LogP contribution in [-0.2, 0) is 14.8 Å². The second-order valence-electron chi connectivity index (χ2n) is 7.00. The van der Waals surface area contributed by atoms with Gasteiger partial charge >= 0.3 is 0 Å². The summed E-state index contributed by atoms with van der Waals surface area (Å²) in [7, 11) is -3.85. The van der Waals surface area contributed by atoms with Gasteiger partial charge in [0.25, 0.3) is 15.9 Å². The number of aryl methyl sites for hydroxylation is 1. The minimum Gasteiger partial charge on any atom is -0.484 e. The van der Waals surface area contributed by atoms with Crippen LogP contribution in [0.4, 0.5) is 11.6 Å². The van der Waals surface area contributed by atoms with Gasteiger partial charge in [-0.15, -0.1) is 0 Å². The maximum Gasteiger partial charge on any atom is 0.264 e. The summed E-state index contributed by atoms with van der Waals surface area (Å²) in [5, 5.41) is 4.79. The number of hydrogen-bond donors (Lipinski definition) is 2. The van der Waals surface area contributed by atoms with Gasteiger partial charge in [-0.1, -0.05) is 30.3 Å². The smallest absolute Gasteiger partial charge is 0.264 e.